The minimum Gasteiger partial charge on any atom is -0.455 e. The zero-order chi connectivity index (χ0) is 22.5. The summed E-state index contributed by atoms with van der Waals surface area (Å²) in [6.07, 6.45) is 2.37. The van der Waals surface area contributed by atoms with Crippen molar-refractivity contribution in [2.45, 2.75) is 26.2 Å². The first-order valence-electron chi connectivity index (χ1n) is 10.1. The van der Waals surface area contributed by atoms with Crippen molar-refractivity contribution in [3.8, 4) is 0 Å². The Balaban J connectivity index is 1.48. The van der Waals surface area contributed by atoms with Crippen LogP contribution in [-0.2, 0) is 6.42 Å². The lowest BCUT2D eigenvalue weighted by Crippen LogP contribution is -2.26. The highest BCUT2D eigenvalue weighted by Gasteiger charge is 2.28. The predicted octanol–water partition coefficient (Wildman–Crippen LogP) is 5.13. The second-order valence-electron chi connectivity index (χ2n) is 7.28. The summed E-state index contributed by atoms with van der Waals surface area (Å²) in [6, 6.07) is 16.6. The molecule has 0 spiro atoms. The van der Waals surface area contributed by atoms with E-state index in [4.69, 9.17) is 22.4 Å². The highest BCUT2D eigenvalue weighted by atomic mass is 32.1. The minimum atomic E-state index is -0.322. The third-order valence-corrected chi connectivity index (χ3v) is 5.09. The molecule has 1 aliphatic carbocycles. The van der Waals surface area contributed by atoms with Crippen molar-refractivity contribution < 1.29 is 9.21 Å². The van der Waals surface area contributed by atoms with Crippen LogP contribution in [-0.4, -0.2) is 16.7 Å². The summed E-state index contributed by atoms with van der Waals surface area (Å²) in [5.41, 5.74) is 12.6. The number of carbonyl (C=O) groups is 1. The van der Waals surface area contributed by atoms with E-state index in [-0.39, 0.29) is 16.8 Å². The van der Waals surface area contributed by atoms with Gasteiger partial charge in [-0.25, -0.2) is 0 Å². The Morgan fingerprint density at radius 3 is 2.41 bits per heavy atom. The lowest BCUT2D eigenvalue weighted by molar-refractivity contribution is 0.0994. The highest BCUT2D eigenvalue weighted by molar-refractivity contribution is 7.80. The van der Waals surface area contributed by atoms with Gasteiger partial charge in [0.1, 0.15) is 5.76 Å². The number of anilines is 1. The van der Waals surface area contributed by atoms with Crippen LogP contribution < -0.4 is 16.5 Å². The van der Waals surface area contributed by atoms with Crippen molar-refractivity contribution in [2.75, 3.05) is 5.32 Å². The summed E-state index contributed by atoms with van der Waals surface area (Å²) >= 11 is 4.83. The molecular formula is C23H22N6O2S. The number of azo groups is 1. The number of rotatable bonds is 5. The summed E-state index contributed by atoms with van der Waals surface area (Å²) in [6.45, 7) is 1.85. The molecule has 0 saturated heterocycles. The summed E-state index contributed by atoms with van der Waals surface area (Å²) in [5.74, 6) is 0.698. The lowest BCUT2D eigenvalue weighted by atomic mass is 9.93. The van der Waals surface area contributed by atoms with Gasteiger partial charge in [-0.1, -0.05) is 18.2 Å². The Kier molecular flexibility index (Phi) is 6.37. The van der Waals surface area contributed by atoms with Gasteiger partial charge in [0.25, 0.3) is 5.91 Å². The van der Waals surface area contributed by atoms with Gasteiger partial charge in [-0.05, 0) is 68.4 Å². The number of hydrogen-bond donors (Lipinski definition) is 3. The Hall–Kier alpha value is -3.85. The third-order valence-electron chi connectivity index (χ3n) is 5.00. The van der Waals surface area contributed by atoms with Crippen molar-refractivity contribution in [1.82, 2.24) is 5.43 Å². The van der Waals surface area contributed by atoms with Crippen LogP contribution in [0.1, 0.15) is 40.3 Å². The molecule has 8 nitrogen and oxygen atoms in total. The Morgan fingerprint density at radius 2 is 1.72 bits per heavy atom. The maximum atomic E-state index is 12.9. The second kappa shape index (κ2) is 9.52. The van der Waals surface area contributed by atoms with Crippen LogP contribution in [0.15, 0.2) is 74.3 Å². The molecule has 0 fully saturated rings. The fourth-order valence-corrected chi connectivity index (χ4v) is 3.57. The minimum absolute atomic E-state index is 0.0930. The third kappa shape index (κ3) is 4.89. The van der Waals surface area contributed by atoms with E-state index in [1.807, 2.05) is 37.3 Å². The number of aryl methyl sites for hydroxylation is 1. The molecule has 1 amide bonds. The van der Waals surface area contributed by atoms with Gasteiger partial charge in [0.15, 0.2) is 10.9 Å². The van der Waals surface area contributed by atoms with E-state index in [0.29, 0.717) is 11.4 Å². The number of amides is 1. The molecule has 0 saturated carbocycles. The van der Waals surface area contributed by atoms with Crippen LogP contribution in [0.2, 0.25) is 0 Å². The quantitative estimate of drug-likeness (QED) is 0.285. The molecule has 32 heavy (non-hydrogen) atoms. The summed E-state index contributed by atoms with van der Waals surface area (Å²) in [7, 11) is 0. The van der Waals surface area contributed by atoms with E-state index >= 15 is 0 Å². The van der Waals surface area contributed by atoms with Gasteiger partial charge in [-0.3, -0.25) is 10.2 Å². The summed E-state index contributed by atoms with van der Waals surface area (Å²) in [5, 5.41) is 15.6. The number of carbonyl (C=O) groups excluding carboxylic acids is 1. The van der Waals surface area contributed by atoms with Crippen LogP contribution in [0.4, 0.5) is 17.1 Å². The summed E-state index contributed by atoms with van der Waals surface area (Å²) in [4.78, 5) is 12.9. The first-order valence-corrected chi connectivity index (χ1v) is 10.5. The van der Waals surface area contributed by atoms with Crippen molar-refractivity contribution in [2.24, 2.45) is 21.1 Å². The zero-order valence-corrected chi connectivity index (χ0v) is 18.3. The van der Waals surface area contributed by atoms with Gasteiger partial charge in [-0.2, -0.15) is 15.3 Å². The highest BCUT2D eigenvalue weighted by Crippen LogP contribution is 2.30. The number of nitrogens with two attached hydrogens (primary N) is 1. The molecule has 4 rings (SSSR count). The normalized spacial score (nSPS) is 14.3. The van der Waals surface area contributed by atoms with E-state index in [2.05, 4.69) is 26.1 Å². The Morgan fingerprint density at radius 1 is 1.03 bits per heavy atom. The number of nitrogens with one attached hydrogen (secondary N) is 2. The number of benzene rings is 2. The molecule has 0 atom stereocenters. The molecule has 9 heteroatoms. The molecule has 0 aliphatic heterocycles. The van der Waals surface area contributed by atoms with E-state index in [0.717, 1.165) is 47.5 Å². The zero-order valence-electron chi connectivity index (χ0n) is 17.5. The molecule has 0 radical (unpaired) electrons. The van der Waals surface area contributed by atoms with Crippen LogP contribution >= 0.6 is 12.2 Å². The number of nitrogens with zero attached hydrogens (tertiary/aromatic N) is 3. The van der Waals surface area contributed by atoms with Gasteiger partial charge >= 0.3 is 0 Å². The molecule has 4 N–H and O–H groups in total. The van der Waals surface area contributed by atoms with Gasteiger partial charge in [0.05, 0.1) is 17.1 Å². The molecule has 1 aliphatic rings. The maximum absolute atomic E-state index is 12.9. The van der Waals surface area contributed by atoms with E-state index in [9.17, 15) is 4.79 Å². The fourth-order valence-electron chi connectivity index (χ4n) is 3.53. The van der Waals surface area contributed by atoms with Gasteiger partial charge in [0, 0.05) is 23.2 Å². The van der Waals surface area contributed by atoms with Gasteiger partial charge in [0.2, 0.25) is 0 Å². The van der Waals surface area contributed by atoms with Crippen molar-refractivity contribution in [3.63, 3.8) is 0 Å². The molecular weight excluding hydrogens is 424 g/mol. The van der Waals surface area contributed by atoms with Crippen molar-refractivity contribution in [1.29, 1.82) is 0 Å². The molecule has 0 bridgehead atoms. The second-order valence-corrected chi connectivity index (χ2v) is 7.72. The number of thiocarbonyl (C=S) groups is 1. The molecule has 1 heterocycles. The number of fused-ring (bicyclic) bond motifs is 1. The topological polar surface area (TPSA) is 117 Å². The first kappa shape index (κ1) is 21.4. The van der Waals surface area contributed by atoms with Crippen molar-refractivity contribution in [3.05, 3.63) is 77.2 Å². The van der Waals surface area contributed by atoms with E-state index < -0.39 is 0 Å². The predicted molar refractivity (Wildman–Crippen MR) is 128 cm³/mol. The Labute approximate surface area is 190 Å². The lowest BCUT2D eigenvalue weighted by Gasteiger charge is -2.13. The molecule has 1 aromatic heterocycles. The maximum Gasteiger partial charge on any atom is 0.291 e. The average Bonchev–Trinajstić information content (AvgIpc) is 3.15. The number of hydrogen-bond acceptors (Lipinski definition) is 6. The average molecular weight is 447 g/mol. The first-order chi connectivity index (χ1) is 15.5. The monoisotopic (exact) mass is 446 g/mol. The molecule has 3 aromatic rings. The van der Waals surface area contributed by atoms with Crippen LogP contribution in [0, 0.1) is 6.92 Å². The number of furan rings is 1. The Bertz CT molecular complexity index is 1200. The van der Waals surface area contributed by atoms with E-state index in [1.54, 1.807) is 24.3 Å². The molecule has 162 valence electrons. The molecule has 2 aromatic carbocycles. The number of hydrazone groups is 1. The van der Waals surface area contributed by atoms with Gasteiger partial charge < -0.3 is 15.5 Å². The summed E-state index contributed by atoms with van der Waals surface area (Å²) < 4.78 is 5.90. The van der Waals surface area contributed by atoms with Crippen LogP contribution in [0.25, 0.3) is 0 Å². The van der Waals surface area contributed by atoms with Crippen molar-refractivity contribution >= 4 is 46.0 Å². The van der Waals surface area contributed by atoms with Crippen LogP contribution in [0.3, 0.4) is 0 Å². The largest absolute Gasteiger partial charge is 0.455 e. The SMILES string of the molecule is Cc1c(C(=O)Nc2ccc(N=Nc3ccccc3)cc2)oc2c1C(=NNC(N)=S)CCC2. The molecule has 0 unspecified atom stereocenters. The fraction of sp³-hybridized carbons (Fsp3) is 0.174. The smallest absolute Gasteiger partial charge is 0.291 e. The van der Waals surface area contributed by atoms with E-state index in [1.165, 1.54) is 0 Å². The van der Waals surface area contributed by atoms with Gasteiger partial charge in [-0.15, -0.1) is 0 Å². The van der Waals surface area contributed by atoms with Crippen LogP contribution in [0.5, 0.6) is 0 Å². The standard InChI is InChI=1S/C23H22N6O2S/c1-14-20-18(28-29-23(24)32)8-5-9-19(20)31-21(14)22(30)25-15-10-12-17(13-11-15)27-26-16-6-3-2-4-7-16/h2-4,6-7,10-13H,5,8-9H2,1H3,(H,25,30)(H3,24,29,32).